The number of aliphatic hydroxyl groups excluding tert-OH is 2. The molecule has 0 aliphatic carbocycles. The van der Waals surface area contributed by atoms with Crippen LogP contribution in [0.4, 0.5) is 5.82 Å². The van der Waals surface area contributed by atoms with Gasteiger partial charge in [0.25, 0.3) is 5.91 Å². The van der Waals surface area contributed by atoms with Crippen LogP contribution in [0.1, 0.15) is 29.1 Å². The van der Waals surface area contributed by atoms with Crippen molar-refractivity contribution in [3.8, 4) is 0 Å². The van der Waals surface area contributed by atoms with Gasteiger partial charge in [-0.1, -0.05) is 25.1 Å². The number of aryl methyl sites for hydroxylation is 1. The van der Waals surface area contributed by atoms with Gasteiger partial charge in [0.05, 0.1) is 11.9 Å². The summed E-state index contributed by atoms with van der Waals surface area (Å²) in [5.41, 5.74) is -0.642. The molecule has 2 saturated heterocycles. The van der Waals surface area contributed by atoms with Crippen molar-refractivity contribution in [3.05, 3.63) is 58.1 Å². The van der Waals surface area contributed by atoms with E-state index in [1.54, 1.807) is 37.4 Å². The number of carbonyl (C=O) groups is 1. The highest BCUT2D eigenvalue weighted by Crippen LogP contribution is 2.55. The quantitative estimate of drug-likeness (QED) is 0.696. The van der Waals surface area contributed by atoms with Gasteiger partial charge in [-0.3, -0.25) is 9.36 Å². The number of benzene rings is 1. The number of aliphatic hydroxyl groups is 2. The molecule has 1 amide bonds. The third-order valence-corrected chi connectivity index (χ3v) is 7.02. The van der Waals surface area contributed by atoms with Crippen molar-refractivity contribution in [3.63, 3.8) is 0 Å². The van der Waals surface area contributed by atoms with E-state index in [0.717, 1.165) is 0 Å². The summed E-state index contributed by atoms with van der Waals surface area (Å²) in [5, 5.41) is 22.5. The maximum atomic E-state index is 12.6. The maximum absolute atomic E-state index is 12.6. The first-order valence-electron chi connectivity index (χ1n) is 8.96. The van der Waals surface area contributed by atoms with Crippen LogP contribution in [-0.2, 0) is 4.74 Å². The molecular weight excluding hydrogens is 382 g/mol. The molecule has 4 rings (SSSR count). The lowest BCUT2D eigenvalue weighted by Crippen LogP contribution is -2.48. The molecule has 2 aliphatic heterocycles. The fraction of sp³-hybridized carbons (Fsp3) is 0.421. The lowest BCUT2D eigenvalue weighted by Gasteiger charge is -2.34. The lowest BCUT2D eigenvalue weighted by atomic mass is 9.95. The Morgan fingerprint density at radius 1 is 1.39 bits per heavy atom. The summed E-state index contributed by atoms with van der Waals surface area (Å²) in [6.07, 6.45) is -0.0577. The van der Waals surface area contributed by atoms with E-state index in [1.807, 2.05) is 13.0 Å². The molecule has 5 atom stereocenters. The van der Waals surface area contributed by atoms with Crippen molar-refractivity contribution in [2.24, 2.45) is 0 Å². The van der Waals surface area contributed by atoms with Crippen LogP contribution in [0.25, 0.3) is 0 Å². The summed E-state index contributed by atoms with van der Waals surface area (Å²) in [6, 6.07) is 8.65. The van der Waals surface area contributed by atoms with Crippen molar-refractivity contribution >= 4 is 23.5 Å². The highest BCUT2D eigenvalue weighted by atomic mass is 32.2. The largest absolute Gasteiger partial charge is 0.393 e. The van der Waals surface area contributed by atoms with Crippen molar-refractivity contribution < 1.29 is 19.7 Å². The summed E-state index contributed by atoms with van der Waals surface area (Å²) in [7, 11) is 0. The number of thioether (sulfide) groups is 1. The smallest absolute Gasteiger partial charge is 0.351 e. The van der Waals surface area contributed by atoms with Gasteiger partial charge < -0.3 is 20.3 Å². The number of carbonyl (C=O) groups excluding carboxylic acids is 1. The molecule has 2 fully saturated rings. The highest BCUT2D eigenvalue weighted by Gasteiger charge is 2.64. The Bertz CT molecular complexity index is 966. The molecule has 2 unspecified atom stereocenters. The minimum atomic E-state index is -1.09. The third kappa shape index (κ3) is 2.86. The van der Waals surface area contributed by atoms with Gasteiger partial charge in [0, 0.05) is 22.6 Å². The summed E-state index contributed by atoms with van der Waals surface area (Å²) in [4.78, 5) is 29.0. The second kappa shape index (κ2) is 7.00. The van der Waals surface area contributed by atoms with E-state index in [2.05, 4.69) is 10.3 Å². The molecule has 3 heterocycles. The van der Waals surface area contributed by atoms with Gasteiger partial charge in [-0.25, -0.2) is 4.79 Å². The van der Waals surface area contributed by atoms with Crippen LogP contribution in [0, 0.1) is 6.92 Å². The average molecular weight is 403 g/mol. The summed E-state index contributed by atoms with van der Waals surface area (Å²) in [5.74, 6) is -0.180. The molecule has 8 nitrogen and oxygen atoms in total. The van der Waals surface area contributed by atoms with Crippen LogP contribution in [0.3, 0.4) is 0 Å². The molecule has 0 saturated carbocycles. The van der Waals surface area contributed by atoms with Gasteiger partial charge in [-0.2, -0.15) is 4.98 Å². The van der Waals surface area contributed by atoms with Gasteiger partial charge in [0.1, 0.15) is 17.5 Å². The van der Waals surface area contributed by atoms with Gasteiger partial charge in [0.15, 0.2) is 6.23 Å². The first kappa shape index (κ1) is 19.1. The zero-order chi connectivity index (χ0) is 20.1. The molecule has 0 spiro atoms. The standard InChI is InChI=1S/C19H21N3O5S/c1-10-8-22(17-13-14(24)19(9-23,27-17)11(2)28-13)18(26)21-15(10)20-16(25)12-6-4-3-5-7-12/h3-8,11,13-14,17,23-24H,9H2,1-2H3,(H,20,21,25,26)/t11?,13-,14+,17?,19+/m1/s1. The van der Waals surface area contributed by atoms with E-state index >= 15 is 0 Å². The Kier molecular flexibility index (Phi) is 4.78. The van der Waals surface area contributed by atoms with Gasteiger partial charge >= 0.3 is 5.69 Å². The van der Waals surface area contributed by atoms with Gasteiger partial charge in [-0.05, 0) is 19.1 Å². The summed E-state index contributed by atoms with van der Waals surface area (Å²) >= 11 is 1.48. The Morgan fingerprint density at radius 3 is 2.75 bits per heavy atom. The first-order valence-corrected chi connectivity index (χ1v) is 9.90. The molecule has 28 heavy (non-hydrogen) atoms. The van der Waals surface area contributed by atoms with E-state index in [0.29, 0.717) is 11.1 Å². The number of ether oxygens (including phenoxy) is 1. The van der Waals surface area contributed by atoms with E-state index < -0.39 is 23.6 Å². The third-order valence-electron chi connectivity index (χ3n) is 5.41. The Labute approximate surface area is 165 Å². The van der Waals surface area contributed by atoms with E-state index in [1.165, 1.54) is 16.3 Å². The average Bonchev–Trinajstić information content (AvgIpc) is 3.11. The fourth-order valence-electron chi connectivity index (χ4n) is 3.74. The zero-order valence-electron chi connectivity index (χ0n) is 15.4. The molecular formula is C19H21N3O5S. The van der Waals surface area contributed by atoms with Gasteiger partial charge in [-0.15, -0.1) is 11.8 Å². The van der Waals surface area contributed by atoms with E-state index in [-0.39, 0.29) is 28.8 Å². The minimum absolute atomic E-state index is 0.0945. The number of hydrogen-bond acceptors (Lipinski definition) is 7. The Balaban J connectivity index is 1.61. The molecule has 2 aromatic rings. The normalized spacial score (nSPS) is 31.1. The number of amides is 1. The van der Waals surface area contributed by atoms with Crippen LogP contribution in [0.15, 0.2) is 41.3 Å². The molecule has 1 aromatic heterocycles. The number of hydrogen-bond donors (Lipinski definition) is 3. The maximum Gasteiger partial charge on any atom is 0.351 e. The molecule has 3 N–H and O–H groups in total. The first-order chi connectivity index (χ1) is 13.4. The van der Waals surface area contributed by atoms with Crippen molar-refractivity contribution in [1.82, 2.24) is 9.55 Å². The number of nitrogens with zero attached hydrogens (tertiary/aromatic N) is 2. The molecule has 0 radical (unpaired) electrons. The van der Waals surface area contributed by atoms with Crippen molar-refractivity contribution in [1.29, 1.82) is 0 Å². The molecule has 1 aromatic carbocycles. The number of aromatic nitrogens is 2. The molecule has 2 aliphatic rings. The van der Waals surface area contributed by atoms with Crippen molar-refractivity contribution in [2.75, 3.05) is 11.9 Å². The van der Waals surface area contributed by atoms with Crippen LogP contribution >= 0.6 is 11.8 Å². The minimum Gasteiger partial charge on any atom is -0.393 e. The van der Waals surface area contributed by atoms with Crippen LogP contribution in [-0.4, -0.2) is 54.5 Å². The van der Waals surface area contributed by atoms with Crippen LogP contribution in [0.5, 0.6) is 0 Å². The summed E-state index contributed by atoms with van der Waals surface area (Å²) in [6.45, 7) is 3.28. The highest BCUT2D eigenvalue weighted by molar-refractivity contribution is 8.01. The van der Waals surface area contributed by atoms with Gasteiger partial charge in [0.2, 0.25) is 0 Å². The predicted octanol–water partition coefficient (Wildman–Crippen LogP) is 0.929. The summed E-state index contributed by atoms with van der Waals surface area (Å²) < 4.78 is 7.27. The molecule has 2 bridgehead atoms. The SMILES string of the molecule is Cc1cn(C2O[C@@]3(CO)C(C)S[C@@H]2[C@@H]3O)c(=O)nc1NC(=O)c1ccccc1. The Hall–Kier alpha value is -2.20. The van der Waals surface area contributed by atoms with Crippen molar-refractivity contribution in [2.45, 2.75) is 42.3 Å². The predicted molar refractivity (Wildman–Crippen MR) is 104 cm³/mol. The zero-order valence-corrected chi connectivity index (χ0v) is 16.2. The number of nitrogens with one attached hydrogen (secondary N) is 1. The van der Waals surface area contributed by atoms with Crippen LogP contribution in [0.2, 0.25) is 0 Å². The second-order valence-electron chi connectivity index (χ2n) is 7.09. The van der Waals surface area contributed by atoms with Crippen LogP contribution < -0.4 is 11.0 Å². The topological polar surface area (TPSA) is 114 Å². The second-order valence-corrected chi connectivity index (χ2v) is 8.62. The van der Waals surface area contributed by atoms with E-state index in [4.69, 9.17) is 4.74 Å². The number of rotatable bonds is 4. The Morgan fingerprint density at radius 2 is 2.11 bits per heavy atom. The molecule has 9 heteroatoms. The monoisotopic (exact) mass is 403 g/mol. The van der Waals surface area contributed by atoms with E-state index in [9.17, 15) is 19.8 Å². The number of anilines is 1. The molecule has 148 valence electrons. The number of fused-ring (bicyclic) bond motifs is 2. The fourth-order valence-corrected chi connectivity index (χ4v) is 5.41. The lowest BCUT2D eigenvalue weighted by molar-refractivity contribution is -0.127.